The normalized spacial score (nSPS) is 6.00. The van der Waals surface area contributed by atoms with Crippen LogP contribution in [-0.4, -0.2) is 6.09 Å². The largest absolute Gasteiger partial charge is 0.448 e. The fraction of sp³-hybridized carbons (Fsp3) is 0. The van der Waals surface area contributed by atoms with E-state index in [2.05, 4.69) is 5.73 Å². The molecule has 0 aliphatic carbocycles. The summed E-state index contributed by atoms with van der Waals surface area (Å²) in [5.41, 5.74) is 3.92. The molecule has 0 aromatic rings. The Kier molecular flexibility index (Phi) is 0.581. The Bertz CT molecular complexity index is 29.0. The molecule has 3 heteroatoms. The zero-order valence-electron chi connectivity index (χ0n) is 1.89. The lowest BCUT2D eigenvalue weighted by Gasteiger charge is -1.53. The van der Waals surface area contributed by atoms with Crippen LogP contribution in [0.3, 0.4) is 0 Å². The van der Waals surface area contributed by atoms with Crippen LogP contribution >= 0.6 is 0 Å². The van der Waals surface area contributed by atoms with Crippen LogP contribution in [0, 0.1) is 0 Å². The third kappa shape index (κ3) is 0.174. The van der Waals surface area contributed by atoms with E-state index in [1.165, 1.54) is 0 Å². The van der Waals surface area contributed by atoms with Crippen molar-refractivity contribution in [2.45, 2.75) is 0 Å². The smallest absolute Gasteiger partial charge is 0.332 e. The first-order chi connectivity index (χ1) is 1.73. The van der Waals surface area contributed by atoms with Gasteiger partial charge in [0.05, 0.1) is 0 Å². The van der Waals surface area contributed by atoms with Crippen LogP contribution in [0.25, 0.3) is 0 Å². The van der Waals surface area contributed by atoms with Crippen molar-refractivity contribution in [3.8, 4) is 0 Å². The van der Waals surface area contributed by atoms with Gasteiger partial charge in [-0.2, -0.15) is 0 Å². The van der Waals surface area contributed by atoms with E-state index in [4.69, 9.17) is 9.90 Å². The Morgan fingerprint density at radius 1 is 1.75 bits per heavy atom. The lowest BCUT2D eigenvalue weighted by atomic mass is 11.3. The molecule has 0 saturated heterocycles. The first-order valence-electron chi connectivity index (χ1n) is 0.697. The Labute approximate surface area is 23.0 Å². The lowest BCUT2D eigenvalue weighted by Crippen LogP contribution is -2.01. The number of hydrogen-bond donors (Lipinski definition) is 1. The van der Waals surface area contributed by atoms with E-state index in [0.29, 0.717) is 0 Å². The summed E-state index contributed by atoms with van der Waals surface area (Å²) in [4.78, 5) is 8.67. The highest BCUT2D eigenvalue weighted by molar-refractivity contribution is 5.61. The van der Waals surface area contributed by atoms with Gasteiger partial charge in [0, 0.05) is 0 Å². The highest BCUT2D eigenvalue weighted by Gasteiger charge is 1.71. The minimum Gasteiger partial charge on any atom is -0.332 e. The van der Waals surface area contributed by atoms with Crippen molar-refractivity contribution in [1.82, 2.24) is 0 Å². The first kappa shape index (κ1) is 3.27. The van der Waals surface area contributed by atoms with Crippen LogP contribution in [0.5, 0.6) is 0 Å². The standard InChI is InChI=1S/CH2NO2/c2-1(3)4/h2H2. The maximum Gasteiger partial charge on any atom is 0.448 e. The minimum absolute atomic E-state index is 1.58. The summed E-state index contributed by atoms with van der Waals surface area (Å²) in [6.45, 7) is 0. The van der Waals surface area contributed by atoms with Gasteiger partial charge in [0.15, 0.2) is 0 Å². The maximum absolute atomic E-state index is 8.67. The van der Waals surface area contributed by atoms with E-state index in [1.807, 2.05) is 0 Å². The van der Waals surface area contributed by atoms with E-state index in [1.54, 1.807) is 0 Å². The van der Waals surface area contributed by atoms with E-state index in [0.717, 1.165) is 0 Å². The van der Waals surface area contributed by atoms with Gasteiger partial charge in [0.1, 0.15) is 0 Å². The van der Waals surface area contributed by atoms with E-state index in [-0.39, 0.29) is 0 Å². The molecule has 23 valence electrons. The number of amides is 1. The zero-order chi connectivity index (χ0) is 3.58. The second kappa shape index (κ2) is 0.711. The second-order valence-electron chi connectivity index (χ2n) is 0.319. The number of carbonyl (C=O) groups is 1. The van der Waals surface area contributed by atoms with Crippen LogP contribution < -0.4 is 5.73 Å². The number of carbonyl (C=O) groups excluding carboxylic acids is 1. The van der Waals surface area contributed by atoms with Crippen LogP contribution in [-0.2, 0) is 5.11 Å². The average molecular weight is 60.0 g/mol. The third-order valence-electron chi connectivity index (χ3n) is 0. The van der Waals surface area contributed by atoms with Gasteiger partial charge >= 0.3 is 6.09 Å². The van der Waals surface area contributed by atoms with Gasteiger partial charge in [-0.15, -0.1) is 0 Å². The van der Waals surface area contributed by atoms with Crippen molar-refractivity contribution in [3.63, 3.8) is 0 Å². The molecule has 1 radical (unpaired) electrons. The fourth-order valence-corrected chi connectivity index (χ4v) is 0. The second-order valence-corrected chi connectivity index (χ2v) is 0.319. The summed E-state index contributed by atoms with van der Waals surface area (Å²) >= 11 is 0. The highest BCUT2D eigenvalue weighted by atomic mass is 16.4. The maximum atomic E-state index is 8.67. The molecule has 3 nitrogen and oxygen atoms in total. The van der Waals surface area contributed by atoms with Crippen molar-refractivity contribution in [3.05, 3.63) is 0 Å². The van der Waals surface area contributed by atoms with Crippen LogP contribution in [0.2, 0.25) is 0 Å². The predicted molar refractivity (Wildman–Crippen MR) is 10.3 cm³/mol. The third-order valence-corrected chi connectivity index (χ3v) is 0. The Balaban J connectivity index is 2.80. The molecule has 0 rings (SSSR count). The molecule has 0 fully saturated rings. The molecule has 0 spiro atoms. The molecule has 2 N–H and O–H groups in total. The zero-order valence-corrected chi connectivity index (χ0v) is 1.89. The summed E-state index contributed by atoms with van der Waals surface area (Å²) < 4.78 is 0. The predicted octanol–water partition coefficient (Wildman–Crippen LogP) is -0.504. The van der Waals surface area contributed by atoms with Gasteiger partial charge in [-0.05, 0) is 0 Å². The number of primary amides is 1. The molecule has 1 amide bonds. The van der Waals surface area contributed by atoms with Crippen molar-refractivity contribution < 1.29 is 9.90 Å². The van der Waals surface area contributed by atoms with Crippen LogP contribution in [0.4, 0.5) is 4.79 Å². The molecular formula is CH2NO2. The van der Waals surface area contributed by atoms with Gasteiger partial charge in [-0.3, -0.25) is 0 Å². The molecule has 0 aromatic heterocycles. The SMILES string of the molecule is NC([O])=O. The van der Waals surface area contributed by atoms with Crippen molar-refractivity contribution in [2.24, 2.45) is 5.73 Å². The summed E-state index contributed by atoms with van der Waals surface area (Å²) in [6, 6.07) is 0. The summed E-state index contributed by atoms with van der Waals surface area (Å²) in [5.74, 6) is 0. The summed E-state index contributed by atoms with van der Waals surface area (Å²) in [5, 5.41) is 8.67. The molecule has 0 aliphatic heterocycles. The quantitative estimate of drug-likeness (QED) is 0.402. The molecule has 0 bridgehead atoms. The van der Waals surface area contributed by atoms with Crippen LogP contribution in [0.1, 0.15) is 0 Å². The Hall–Kier alpha value is -0.730. The first-order valence-corrected chi connectivity index (χ1v) is 0.697. The molecule has 0 atom stereocenters. The van der Waals surface area contributed by atoms with Crippen molar-refractivity contribution in [2.75, 3.05) is 0 Å². The molecule has 0 aliphatic rings. The van der Waals surface area contributed by atoms with E-state index >= 15 is 0 Å². The van der Waals surface area contributed by atoms with Crippen molar-refractivity contribution in [1.29, 1.82) is 0 Å². The van der Waals surface area contributed by atoms with Gasteiger partial charge in [0.2, 0.25) is 0 Å². The van der Waals surface area contributed by atoms with Gasteiger partial charge in [-0.25, -0.2) is 9.90 Å². The lowest BCUT2D eigenvalue weighted by molar-refractivity contribution is 0.180. The number of hydrogen-bond acceptors (Lipinski definition) is 1. The monoisotopic (exact) mass is 60.0 g/mol. The minimum atomic E-state index is -1.58. The van der Waals surface area contributed by atoms with E-state index < -0.39 is 6.09 Å². The Morgan fingerprint density at radius 2 is 1.75 bits per heavy atom. The summed E-state index contributed by atoms with van der Waals surface area (Å²) in [6.07, 6.45) is -1.58. The fourth-order valence-electron chi connectivity index (χ4n) is 0. The molecule has 4 heavy (non-hydrogen) atoms. The van der Waals surface area contributed by atoms with Crippen molar-refractivity contribution >= 4 is 6.09 Å². The summed E-state index contributed by atoms with van der Waals surface area (Å²) in [7, 11) is 0. The van der Waals surface area contributed by atoms with Crippen LogP contribution in [0.15, 0.2) is 0 Å². The highest BCUT2D eigenvalue weighted by Crippen LogP contribution is 1.37. The number of nitrogens with two attached hydrogens (primary N) is 1. The molecule has 0 aromatic carbocycles. The number of rotatable bonds is 0. The van der Waals surface area contributed by atoms with Gasteiger partial charge < -0.3 is 5.73 Å². The van der Waals surface area contributed by atoms with E-state index in [9.17, 15) is 0 Å². The average Bonchev–Trinajstić information content (AvgIpc) is 0.811. The van der Waals surface area contributed by atoms with Gasteiger partial charge in [-0.1, -0.05) is 0 Å². The Morgan fingerprint density at radius 3 is 1.75 bits per heavy atom. The topological polar surface area (TPSA) is 63.0 Å². The molecule has 0 saturated carbocycles. The molecule has 0 heterocycles. The molecular weight excluding hydrogens is 58.0 g/mol. The molecule has 0 unspecified atom stereocenters. The van der Waals surface area contributed by atoms with Gasteiger partial charge in [0.25, 0.3) is 0 Å².